The van der Waals surface area contributed by atoms with E-state index in [4.69, 9.17) is 16.3 Å². The molecule has 50 heavy (non-hydrogen) atoms. The van der Waals surface area contributed by atoms with Crippen LogP contribution in [0.4, 0.5) is 14.5 Å². The lowest BCUT2D eigenvalue weighted by molar-refractivity contribution is -0.137. The van der Waals surface area contributed by atoms with Crippen LogP contribution < -0.4 is 10.6 Å². The van der Waals surface area contributed by atoms with E-state index in [0.29, 0.717) is 69.1 Å². The number of piperidine rings is 1. The van der Waals surface area contributed by atoms with Gasteiger partial charge in [0.1, 0.15) is 0 Å². The highest BCUT2D eigenvalue weighted by atomic mass is 35.5. The molecular weight excluding hydrogens is 670 g/mol. The van der Waals surface area contributed by atoms with E-state index >= 15 is 8.78 Å². The topological polar surface area (TPSA) is 127 Å². The third-order valence-electron chi connectivity index (χ3n) is 9.47. The zero-order valence-electron chi connectivity index (χ0n) is 28.1. The third kappa shape index (κ3) is 7.00. The summed E-state index contributed by atoms with van der Waals surface area (Å²) in [5.41, 5.74) is 1.94. The summed E-state index contributed by atoms with van der Waals surface area (Å²) in [5.74, 6) is -2.97. The maximum absolute atomic E-state index is 15.5. The van der Waals surface area contributed by atoms with Gasteiger partial charge in [-0.2, -0.15) is 5.10 Å². The van der Waals surface area contributed by atoms with Crippen LogP contribution >= 0.6 is 11.6 Å². The van der Waals surface area contributed by atoms with Crippen molar-refractivity contribution in [1.29, 1.82) is 0 Å². The number of aromatic nitrogens is 4. The van der Waals surface area contributed by atoms with Crippen molar-refractivity contribution in [2.75, 3.05) is 58.3 Å². The van der Waals surface area contributed by atoms with Crippen LogP contribution in [0.5, 0.6) is 0 Å². The van der Waals surface area contributed by atoms with Crippen molar-refractivity contribution < 1.29 is 27.9 Å². The number of likely N-dealkylation sites (tertiary alicyclic amines) is 1. The van der Waals surface area contributed by atoms with Crippen molar-refractivity contribution >= 4 is 35.0 Å². The van der Waals surface area contributed by atoms with E-state index in [-0.39, 0.29) is 51.0 Å². The summed E-state index contributed by atoms with van der Waals surface area (Å²) >= 11 is 6.52. The molecule has 0 bridgehead atoms. The molecule has 0 unspecified atom stereocenters. The number of rotatable bonds is 9. The number of methoxy groups -OCH3 is 1. The minimum atomic E-state index is -1.08. The van der Waals surface area contributed by atoms with Gasteiger partial charge in [-0.15, -0.1) is 0 Å². The quantitative estimate of drug-likeness (QED) is 0.265. The number of piperazine rings is 1. The van der Waals surface area contributed by atoms with Gasteiger partial charge in [-0.05, 0) is 44.0 Å². The normalized spacial score (nSPS) is 15.4. The van der Waals surface area contributed by atoms with Crippen molar-refractivity contribution in [3.8, 4) is 22.4 Å². The molecule has 2 saturated heterocycles. The number of anilines is 1. The van der Waals surface area contributed by atoms with Gasteiger partial charge in [-0.25, -0.2) is 13.8 Å². The van der Waals surface area contributed by atoms with Gasteiger partial charge in [0.25, 0.3) is 11.8 Å². The van der Waals surface area contributed by atoms with E-state index in [9.17, 15) is 14.4 Å². The lowest BCUT2D eigenvalue weighted by Gasteiger charge is -2.35. The Kier molecular flexibility index (Phi) is 10.6. The number of hydrogen-bond acceptors (Lipinski definition) is 7. The van der Waals surface area contributed by atoms with Crippen LogP contribution in [0.3, 0.4) is 0 Å². The molecule has 2 aromatic carbocycles. The van der Waals surface area contributed by atoms with Gasteiger partial charge < -0.3 is 29.7 Å². The number of hydrogen-bond donors (Lipinski definition) is 2. The van der Waals surface area contributed by atoms with Gasteiger partial charge in [0.2, 0.25) is 5.91 Å². The van der Waals surface area contributed by atoms with Crippen LogP contribution in [-0.2, 0) is 23.1 Å². The Morgan fingerprint density at radius 2 is 1.68 bits per heavy atom. The Bertz CT molecular complexity index is 1910. The van der Waals surface area contributed by atoms with Gasteiger partial charge in [-0.1, -0.05) is 17.7 Å². The second-order valence-corrected chi connectivity index (χ2v) is 12.9. The molecule has 0 saturated carbocycles. The van der Waals surface area contributed by atoms with Gasteiger partial charge in [-0.3, -0.25) is 19.1 Å². The van der Waals surface area contributed by atoms with Gasteiger partial charge >= 0.3 is 0 Å². The van der Waals surface area contributed by atoms with Gasteiger partial charge in [0.05, 0.1) is 41.8 Å². The molecule has 2 N–H and O–H groups in total. The molecule has 2 aromatic heterocycles. The lowest BCUT2D eigenvalue weighted by Crippen LogP contribution is -2.50. The molecule has 2 fully saturated rings. The van der Waals surface area contributed by atoms with E-state index in [1.807, 2.05) is 4.90 Å². The zero-order valence-corrected chi connectivity index (χ0v) is 28.9. The summed E-state index contributed by atoms with van der Waals surface area (Å²) in [6.07, 6.45) is 3.97. The summed E-state index contributed by atoms with van der Waals surface area (Å²) in [6, 6.07) is 7.51. The highest BCUT2D eigenvalue weighted by molar-refractivity contribution is 6.34. The van der Waals surface area contributed by atoms with Crippen molar-refractivity contribution in [3.63, 3.8) is 0 Å². The average molecular weight is 709 g/mol. The maximum Gasteiger partial charge on any atom is 0.291 e. The molecule has 0 spiro atoms. The molecule has 2 aliphatic rings. The summed E-state index contributed by atoms with van der Waals surface area (Å²) in [4.78, 5) is 47.2. The molecule has 6 rings (SSSR count). The number of halogens is 3. The standard InChI is InChI=1S/C35H39ClF2N8O4/c1-21-27(19-41-46(21)16-17-50-3)24-6-7-26(31(38)30(24)37)29-20-40-32(43(29)2)33(47)42-23-4-5-25(28(36)18-23)35(49)44-12-8-22(9-13-44)34(48)45-14-10-39-11-15-45/h4-7,18-20,22,39H,8-17H2,1-3H3,(H,42,47). The number of ether oxygens (including phenoxy) is 1. The highest BCUT2D eigenvalue weighted by Gasteiger charge is 2.32. The maximum atomic E-state index is 15.5. The predicted octanol–water partition coefficient (Wildman–Crippen LogP) is 4.37. The molecule has 264 valence electrons. The molecule has 4 heterocycles. The van der Waals surface area contributed by atoms with Crippen LogP contribution in [0, 0.1) is 24.5 Å². The van der Waals surface area contributed by atoms with Gasteiger partial charge in [0, 0.05) is 87.4 Å². The van der Waals surface area contributed by atoms with E-state index < -0.39 is 17.5 Å². The average Bonchev–Trinajstić information content (AvgIpc) is 3.69. The largest absolute Gasteiger partial charge is 0.383 e. The fourth-order valence-corrected chi connectivity index (χ4v) is 6.80. The first-order valence-corrected chi connectivity index (χ1v) is 16.9. The summed E-state index contributed by atoms with van der Waals surface area (Å²) < 4.78 is 39.0. The SMILES string of the molecule is COCCn1ncc(-c2ccc(-c3cnc(C(=O)Nc4ccc(C(=O)N5CCC(C(=O)N6CCNCC6)CC5)c(Cl)c4)n3C)c(F)c2F)c1C. The first kappa shape index (κ1) is 35.2. The van der Waals surface area contributed by atoms with Crippen LogP contribution in [0.15, 0.2) is 42.7 Å². The number of carbonyl (C=O) groups is 3. The molecule has 12 nitrogen and oxygen atoms in total. The molecule has 0 aliphatic carbocycles. The number of benzene rings is 2. The Balaban J connectivity index is 1.10. The van der Waals surface area contributed by atoms with E-state index in [2.05, 4.69) is 20.7 Å². The fraction of sp³-hybridized carbons (Fsp3) is 0.400. The molecular formula is C35H39ClF2N8O4. The summed E-state index contributed by atoms with van der Waals surface area (Å²) in [6.45, 7) is 6.56. The number of nitrogens with zero attached hydrogens (tertiary/aromatic N) is 6. The molecule has 0 radical (unpaired) electrons. The zero-order chi connectivity index (χ0) is 35.5. The lowest BCUT2D eigenvalue weighted by atomic mass is 9.94. The van der Waals surface area contributed by atoms with Crippen LogP contribution in [0.25, 0.3) is 22.4 Å². The monoisotopic (exact) mass is 708 g/mol. The molecule has 3 amide bonds. The Morgan fingerprint density at radius 1 is 0.980 bits per heavy atom. The smallest absolute Gasteiger partial charge is 0.291 e. The molecule has 2 aliphatic heterocycles. The predicted molar refractivity (Wildman–Crippen MR) is 184 cm³/mol. The second kappa shape index (κ2) is 15.1. The second-order valence-electron chi connectivity index (χ2n) is 12.5. The van der Waals surface area contributed by atoms with Crippen molar-refractivity contribution in [3.05, 3.63) is 76.5 Å². The van der Waals surface area contributed by atoms with E-state index in [0.717, 1.165) is 13.1 Å². The number of carbonyl (C=O) groups excluding carboxylic acids is 3. The summed E-state index contributed by atoms with van der Waals surface area (Å²) in [7, 11) is 3.10. The third-order valence-corrected chi connectivity index (χ3v) is 9.78. The van der Waals surface area contributed by atoms with Gasteiger partial charge in [0.15, 0.2) is 17.5 Å². The van der Waals surface area contributed by atoms with E-state index in [1.165, 1.54) is 42.2 Å². The fourth-order valence-electron chi connectivity index (χ4n) is 6.54. The van der Waals surface area contributed by atoms with Crippen LogP contribution in [0.1, 0.15) is 39.5 Å². The van der Waals surface area contributed by atoms with Crippen LogP contribution in [0.2, 0.25) is 5.02 Å². The first-order valence-electron chi connectivity index (χ1n) is 16.5. The Hall–Kier alpha value is -4.66. The number of imidazole rings is 1. The van der Waals surface area contributed by atoms with Crippen molar-refractivity contribution in [1.82, 2.24) is 34.4 Å². The number of nitrogens with one attached hydrogen (secondary N) is 2. The van der Waals surface area contributed by atoms with Crippen LogP contribution in [-0.4, -0.2) is 99.8 Å². The van der Waals surface area contributed by atoms with E-state index in [1.54, 1.807) is 35.7 Å². The van der Waals surface area contributed by atoms with Crippen molar-refractivity contribution in [2.24, 2.45) is 13.0 Å². The molecule has 0 atom stereocenters. The minimum absolute atomic E-state index is 0.0475. The molecule has 4 aromatic rings. The Labute approximate surface area is 293 Å². The Morgan fingerprint density at radius 3 is 2.38 bits per heavy atom. The molecule has 15 heteroatoms. The first-order chi connectivity index (χ1) is 24.1. The number of amides is 3. The van der Waals surface area contributed by atoms with Crippen molar-refractivity contribution in [2.45, 2.75) is 26.3 Å². The minimum Gasteiger partial charge on any atom is -0.383 e. The highest BCUT2D eigenvalue weighted by Crippen LogP contribution is 2.33. The summed E-state index contributed by atoms with van der Waals surface area (Å²) in [5, 5.41) is 10.4.